The zero-order valence-electron chi connectivity index (χ0n) is 20.0. The Bertz CT molecular complexity index is 1210. The van der Waals surface area contributed by atoms with Gasteiger partial charge in [0.25, 0.3) is 0 Å². The number of hydrogen-bond acceptors (Lipinski definition) is 7. The van der Waals surface area contributed by atoms with Crippen molar-refractivity contribution in [3.63, 3.8) is 0 Å². The molecule has 0 spiro atoms. The Balaban J connectivity index is 1.16. The maximum absolute atomic E-state index is 12.2. The minimum absolute atomic E-state index is 0.220. The van der Waals surface area contributed by atoms with E-state index < -0.39 is 0 Å². The van der Waals surface area contributed by atoms with Crippen LogP contribution in [0.15, 0.2) is 45.6 Å². The Hall–Kier alpha value is -3.19. The van der Waals surface area contributed by atoms with Gasteiger partial charge in [0.05, 0.1) is 20.8 Å². The zero-order chi connectivity index (χ0) is 23.5. The standard InChI is InChI=1S/C27H32N2O5/c1-31-20-7-3-6-19(16-20)29-13-11-28(12-14-29)10-5-15-33-26-17-23-21-8-4-9-22(21)27(30)34-24(23)18-25(26)32-2/h3,6-7,16-18H,4-5,8-15H2,1-2H3. The summed E-state index contributed by atoms with van der Waals surface area (Å²) >= 11 is 0. The zero-order valence-corrected chi connectivity index (χ0v) is 20.0. The van der Waals surface area contributed by atoms with Gasteiger partial charge in [-0.3, -0.25) is 4.90 Å². The molecule has 5 rings (SSSR count). The lowest BCUT2D eigenvalue weighted by molar-refractivity contribution is 0.221. The van der Waals surface area contributed by atoms with Crippen molar-refractivity contribution in [2.75, 3.05) is 58.5 Å². The van der Waals surface area contributed by atoms with Crippen LogP contribution in [0.1, 0.15) is 24.0 Å². The molecule has 0 N–H and O–H groups in total. The molecule has 34 heavy (non-hydrogen) atoms. The second-order valence-corrected chi connectivity index (χ2v) is 8.93. The van der Waals surface area contributed by atoms with Crippen molar-refractivity contribution in [1.29, 1.82) is 0 Å². The summed E-state index contributed by atoms with van der Waals surface area (Å²) in [7, 11) is 3.32. The fourth-order valence-corrected chi connectivity index (χ4v) is 5.07. The monoisotopic (exact) mass is 464 g/mol. The summed E-state index contributed by atoms with van der Waals surface area (Å²) in [4.78, 5) is 17.1. The number of methoxy groups -OCH3 is 2. The van der Waals surface area contributed by atoms with Gasteiger partial charge in [0.1, 0.15) is 11.3 Å². The lowest BCUT2D eigenvalue weighted by Crippen LogP contribution is -2.46. The largest absolute Gasteiger partial charge is 0.497 e. The van der Waals surface area contributed by atoms with Gasteiger partial charge < -0.3 is 23.5 Å². The number of aryl methyl sites for hydroxylation is 1. The molecular formula is C27H32N2O5. The molecule has 0 unspecified atom stereocenters. The summed E-state index contributed by atoms with van der Waals surface area (Å²) in [5.41, 5.74) is 3.49. The third kappa shape index (κ3) is 4.57. The topological polar surface area (TPSA) is 64.4 Å². The van der Waals surface area contributed by atoms with Crippen LogP contribution < -0.4 is 24.7 Å². The van der Waals surface area contributed by atoms with Crippen LogP contribution in [0.5, 0.6) is 17.2 Å². The average Bonchev–Trinajstić information content (AvgIpc) is 3.38. The third-order valence-electron chi connectivity index (χ3n) is 6.92. The van der Waals surface area contributed by atoms with Crippen molar-refractivity contribution in [2.24, 2.45) is 0 Å². The molecule has 1 aromatic heterocycles. The number of fused-ring (bicyclic) bond motifs is 3. The third-order valence-corrected chi connectivity index (χ3v) is 6.92. The van der Waals surface area contributed by atoms with Crippen molar-refractivity contribution in [3.8, 4) is 17.2 Å². The van der Waals surface area contributed by atoms with Gasteiger partial charge in [-0.2, -0.15) is 0 Å². The van der Waals surface area contributed by atoms with E-state index in [1.54, 1.807) is 20.3 Å². The van der Waals surface area contributed by atoms with Gasteiger partial charge in [-0.25, -0.2) is 4.79 Å². The van der Waals surface area contributed by atoms with E-state index in [0.29, 0.717) is 23.7 Å². The molecule has 1 aliphatic carbocycles. The van der Waals surface area contributed by atoms with Gasteiger partial charge in [-0.1, -0.05) is 6.07 Å². The molecule has 0 saturated carbocycles. The fraction of sp³-hybridized carbons (Fsp3) is 0.444. The van der Waals surface area contributed by atoms with Crippen molar-refractivity contribution >= 4 is 16.7 Å². The van der Waals surface area contributed by atoms with Crippen LogP contribution in [0, 0.1) is 0 Å². The van der Waals surface area contributed by atoms with Crippen molar-refractivity contribution < 1.29 is 18.6 Å². The molecule has 0 bridgehead atoms. The molecule has 2 heterocycles. The Morgan fingerprint density at radius 2 is 1.76 bits per heavy atom. The van der Waals surface area contributed by atoms with Crippen LogP contribution in [0.3, 0.4) is 0 Å². The van der Waals surface area contributed by atoms with Crippen LogP contribution in [-0.4, -0.2) is 58.5 Å². The number of ether oxygens (including phenoxy) is 3. The van der Waals surface area contributed by atoms with E-state index in [1.807, 2.05) is 18.2 Å². The molecule has 3 aromatic rings. The Labute approximate surface area is 199 Å². The lowest BCUT2D eigenvalue weighted by atomic mass is 10.1. The number of anilines is 1. The first kappa shape index (κ1) is 22.6. The molecular weight excluding hydrogens is 432 g/mol. The van der Waals surface area contributed by atoms with Gasteiger partial charge in [0.2, 0.25) is 0 Å². The molecule has 0 atom stereocenters. The van der Waals surface area contributed by atoms with Crippen LogP contribution >= 0.6 is 0 Å². The smallest absolute Gasteiger partial charge is 0.339 e. The Kier molecular flexibility index (Phi) is 6.63. The number of benzene rings is 2. The molecule has 180 valence electrons. The van der Waals surface area contributed by atoms with Gasteiger partial charge in [0.15, 0.2) is 11.5 Å². The predicted octanol–water partition coefficient (Wildman–Crippen LogP) is 3.89. The summed E-state index contributed by atoms with van der Waals surface area (Å²) in [5, 5.41) is 0.969. The van der Waals surface area contributed by atoms with E-state index >= 15 is 0 Å². The predicted molar refractivity (Wildman–Crippen MR) is 133 cm³/mol. The highest BCUT2D eigenvalue weighted by molar-refractivity contribution is 5.85. The number of hydrogen-bond donors (Lipinski definition) is 0. The Morgan fingerprint density at radius 3 is 2.56 bits per heavy atom. The minimum Gasteiger partial charge on any atom is -0.497 e. The first-order chi connectivity index (χ1) is 16.7. The second kappa shape index (κ2) is 9.97. The van der Waals surface area contributed by atoms with Crippen molar-refractivity contribution in [1.82, 2.24) is 4.90 Å². The van der Waals surface area contributed by atoms with E-state index in [9.17, 15) is 4.79 Å². The first-order valence-corrected chi connectivity index (χ1v) is 12.1. The van der Waals surface area contributed by atoms with E-state index in [1.165, 1.54) is 5.69 Å². The van der Waals surface area contributed by atoms with E-state index in [0.717, 1.165) is 80.7 Å². The van der Waals surface area contributed by atoms with Crippen LogP contribution in [0.4, 0.5) is 5.69 Å². The van der Waals surface area contributed by atoms with Crippen molar-refractivity contribution in [3.05, 3.63) is 57.9 Å². The molecule has 2 aromatic carbocycles. The summed E-state index contributed by atoms with van der Waals surface area (Å²) in [6.45, 7) is 5.66. The van der Waals surface area contributed by atoms with Gasteiger partial charge >= 0.3 is 5.63 Å². The summed E-state index contributed by atoms with van der Waals surface area (Å²) in [5.74, 6) is 2.20. The van der Waals surface area contributed by atoms with Gasteiger partial charge in [-0.15, -0.1) is 0 Å². The van der Waals surface area contributed by atoms with Crippen LogP contribution in [0.25, 0.3) is 11.0 Å². The van der Waals surface area contributed by atoms with E-state index in [4.69, 9.17) is 18.6 Å². The molecule has 1 fully saturated rings. The minimum atomic E-state index is -0.220. The van der Waals surface area contributed by atoms with Gasteiger partial charge in [-0.05, 0) is 49.4 Å². The Morgan fingerprint density at radius 1 is 0.941 bits per heavy atom. The van der Waals surface area contributed by atoms with Gasteiger partial charge in [0, 0.05) is 61.5 Å². The van der Waals surface area contributed by atoms with Crippen LogP contribution in [0.2, 0.25) is 0 Å². The summed E-state index contributed by atoms with van der Waals surface area (Å²) < 4.78 is 22.6. The first-order valence-electron chi connectivity index (χ1n) is 12.1. The SMILES string of the molecule is COc1cccc(N2CCN(CCCOc3cc4c5c(c(=O)oc4cc3OC)CCC5)CC2)c1. The molecule has 0 radical (unpaired) electrons. The normalized spacial score (nSPS) is 16.0. The number of piperazine rings is 1. The molecule has 1 aliphatic heterocycles. The molecule has 1 saturated heterocycles. The highest BCUT2D eigenvalue weighted by Crippen LogP contribution is 2.36. The number of nitrogens with zero attached hydrogens (tertiary/aromatic N) is 2. The highest BCUT2D eigenvalue weighted by atomic mass is 16.5. The van der Waals surface area contributed by atoms with Crippen LogP contribution in [-0.2, 0) is 12.8 Å². The molecule has 2 aliphatic rings. The molecule has 7 heteroatoms. The van der Waals surface area contributed by atoms with E-state index in [2.05, 4.69) is 21.9 Å². The highest BCUT2D eigenvalue weighted by Gasteiger charge is 2.22. The second-order valence-electron chi connectivity index (χ2n) is 8.93. The van der Waals surface area contributed by atoms with Crippen molar-refractivity contribution in [2.45, 2.75) is 25.7 Å². The number of rotatable bonds is 8. The molecule has 0 amide bonds. The maximum atomic E-state index is 12.2. The van der Waals surface area contributed by atoms with E-state index in [-0.39, 0.29) is 5.63 Å². The molecule has 7 nitrogen and oxygen atoms in total. The average molecular weight is 465 g/mol. The summed E-state index contributed by atoms with van der Waals surface area (Å²) in [6, 6.07) is 12.0. The quantitative estimate of drug-likeness (QED) is 0.370. The summed E-state index contributed by atoms with van der Waals surface area (Å²) in [6.07, 6.45) is 3.63. The maximum Gasteiger partial charge on any atom is 0.339 e. The lowest BCUT2D eigenvalue weighted by Gasteiger charge is -2.36. The fourth-order valence-electron chi connectivity index (χ4n) is 5.07.